The van der Waals surface area contributed by atoms with Gasteiger partial charge < -0.3 is 19.4 Å². The predicted octanol–water partition coefficient (Wildman–Crippen LogP) is 24.0. The lowest BCUT2D eigenvalue weighted by Gasteiger charge is -2.27. The first kappa shape index (κ1) is 83.5. The maximum absolute atomic E-state index is 13.6. The molecule has 0 aromatic carbocycles. The van der Waals surface area contributed by atoms with Crippen LogP contribution in [0.15, 0.2) is 24.3 Å². The molecule has 0 aromatic heterocycles. The van der Waals surface area contributed by atoms with E-state index in [1.165, 1.54) is 302 Å². The number of phosphoric ester groups is 1. The fourth-order valence-electron chi connectivity index (χ4n) is 11.6. The van der Waals surface area contributed by atoms with Crippen molar-refractivity contribution >= 4 is 19.7 Å². The quantitative estimate of drug-likeness (QED) is 0.0205. The second-order valence-electron chi connectivity index (χ2n) is 27.2. The third-order valence-corrected chi connectivity index (χ3v) is 18.4. The molecule has 0 saturated heterocycles. The zero-order valence-electron chi connectivity index (χ0n) is 57.9. The summed E-state index contributed by atoms with van der Waals surface area (Å²) in [5.74, 6) is -0.482. The highest BCUT2D eigenvalue weighted by Gasteiger charge is 2.30. The van der Waals surface area contributed by atoms with Crippen molar-refractivity contribution in [2.75, 3.05) is 40.9 Å². The van der Waals surface area contributed by atoms with Crippen molar-refractivity contribution in [3.8, 4) is 0 Å². The number of quaternary nitrogens is 1. The summed E-state index contributed by atoms with van der Waals surface area (Å²) >= 11 is 0. The number of likely N-dealkylation sites (N-methyl/N-ethyl adjacent to an activating group) is 1. The van der Waals surface area contributed by atoms with Crippen molar-refractivity contribution < 1.29 is 37.3 Å². The third kappa shape index (κ3) is 66.7. The number of hydrogen-bond donors (Lipinski definition) is 2. The molecule has 0 heterocycles. The number of rotatable bonds is 70. The van der Waals surface area contributed by atoms with E-state index in [1.807, 2.05) is 27.2 Å². The molecule has 0 rings (SSSR count). The molecule has 0 spiro atoms. The number of nitrogens with one attached hydrogen (secondary N) is 1. The maximum atomic E-state index is 13.6. The number of allylic oxidation sites excluding steroid dienone is 3. The molecule has 1 amide bonds. The maximum Gasteiger partial charge on any atom is 0.472 e. The second kappa shape index (κ2) is 65.4. The monoisotopic (exact) mass is 1220 g/mol. The molecule has 0 aliphatic rings. The molecule has 2 N–H and O–H groups in total. The number of hydrogen-bond acceptors (Lipinski definition) is 6. The molecule has 9 nitrogen and oxygen atoms in total. The first-order valence-electron chi connectivity index (χ1n) is 37.7. The fraction of sp³-hybridized carbons (Fsp3) is 0.920. The molecule has 0 bridgehead atoms. The molecule has 0 saturated carbocycles. The van der Waals surface area contributed by atoms with Crippen LogP contribution < -0.4 is 5.32 Å². The van der Waals surface area contributed by atoms with E-state index in [9.17, 15) is 19.0 Å². The molecule has 0 aromatic rings. The van der Waals surface area contributed by atoms with E-state index in [-0.39, 0.29) is 25.1 Å². The lowest BCUT2D eigenvalue weighted by Crippen LogP contribution is -2.47. The minimum Gasteiger partial charge on any atom is -0.456 e. The Morgan fingerprint density at radius 3 is 1.00 bits per heavy atom. The van der Waals surface area contributed by atoms with Crippen LogP contribution in [0.1, 0.15) is 393 Å². The van der Waals surface area contributed by atoms with Crippen molar-refractivity contribution in [2.45, 2.75) is 405 Å². The highest BCUT2D eigenvalue weighted by atomic mass is 31.2. The summed E-state index contributed by atoms with van der Waals surface area (Å²) in [4.78, 5) is 38.0. The Morgan fingerprint density at radius 1 is 0.400 bits per heavy atom. The van der Waals surface area contributed by atoms with E-state index in [2.05, 4.69) is 44.3 Å². The van der Waals surface area contributed by atoms with Crippen LogP contribution in [-0.4, -0.2) is 74.3 Å². The largest absolute Gasteiger partial charge is 0.472 e. The minimum atomic E-state index is -4.45. The Labute approximate surface area is 530 Å². The van der Waals surface area contributed by atoms with Crippen LogP contribution in [0.25, 0.3) is 0 Å². The highest BCUT2D eigenvalue weighted by Crippen LogP contribution is 2.43. The summed E-state index contributed by atoms with van der Waals surface area (Å²) in [6, 6.07) is -0.845. The molecule has 3 atom stereocenters. The number of amides is 1. The van der Waals surface area contributed by atoms with Crippen molar-refractivity contribution in [3.05, 3.63) is 24.3 Å². The van der Waals surface area contributed by atoms with Gasteiger partial charge in [-0.25, -0.2) is 4.57 Å². The number of esters is 1. The predicted molar refractivity (Wildman–Crippen MR) is 370 cm³/mol. The summed E-state index contributed by atoms with van der Waals surface area (Å²) < 4.78 is 30.9. The summed E-state index contributed by atoms with van der Waals surface area (Å²) in [6.45, 7) is 7.09. The summed E-state index contributed by atoms with van der Waals surface area (Å²) in [5, 5.41) is 3.08. The fourth-order valence-corrected chi connectivity index (χ4v) is 12.3. The number of carbonyl (C=O) groups excluding carboxylic acids is 2. The van der Waals surface area contributed by atoms with Crippen molar-refractivity contribution in [1.29, 1.82) is 0 Å². The number of ether oxygens (including phenoxy) is 1. The van der Waals surface area contributed by atoms with E-state index < -0.39 is 20.0 Å². The zero-order valence-corrected chi connectivity index (χ0v) is 58.8. The first-order valence-corrected chi connectivity index (χ1v) is 39.2. The molecule has 3 unspecified atom stereocenters. The van der Waals surface area contributed by atoms with Gasteiger partial charge in [-0.15, -0.1) is 0 Å². The Morgan fingerprint density at radius 2 is 0.682 bits per heavy atom. The van der Waals surface area contributed by atoms with Gasteiger partial charge >= 0.3 is 13.8 Å². The number of nitrogens with zero attached hydrogens (tertiary/aromatic N) is 1. The lowest BCUT2D eigenvalue weighted by atomic mass is 10.0. The summed E-state index contributed by atoms with van der Waals surface area (Å²) in [5.41, 5.74) is 0. The van der Waals surface area contributed by atoms with Gasteiger partial charge in [0.2, 0.25) is 5.91 Å². The van der Waals surface area contributed by atoms with E-state index in [0.29, 0.717) is 23.9 Å². The smallest absolute Gasteiger partial charge is 0.456 e. The van der Waals surface area contributed by atoms with Gasteiger partial charge in [-0.3, -0.25) is 18.6 Å². The van der Waals surface area contributed by atoms with E-state index in [0.717, 1.165) is 57.8 Å². The molecule has 0 fully saturated rings. The van der Waals surface area contributed by atoms with Crippen LogP contribution in [-0.2, 0) is 27.9 Å². The number of phosphoric acid groups is 1. The minimum absolute atomic E-state index is 0.0439. The van der Waals surface area contributed by atoms with E-state index >= 15 is 0 Å². The first-order chi connectivity index (χ1) is 41.4. The molecular formula is C75H148N2O7P+. The van der Waals surface area contributed by atoms with Crippen molar-refractivity contribution in [2.24, 2.45) is 0 Å². The summed E-state index contributed by atoms with van der Waals surface area (Å²) in [6.07, 6.45) is 80.6. The third-order valence-electron chi connectivity index (χ3n) is 17.4. The molecular weight excluding hydrogens is 1070 g/mol. The van der Waals surface area contributed by atoms with Gasteiger partial charge in [0.25, 0.3) is 0 Å². The summed E-state index contributed by atoms with van der Waals surface area (Å²) in [7, 11) is 1.52. The second-order valence-corrected chi connectivity index (χ2v) is 28.6. The van der Waals surface area contributed by atoms with Crippen LogP contribution in [0.2, 0.25) is 0 Å². The van der Waals surface area contributed by atoms with Gasteiger partial charge in [0, 0.05) is 12.8 Å². The van der Waals surface area contributed by atoms with Crippen molar-refractivity contribution in [1.82, 2.24) is 5.32 Å². The van der Waals surface area contributed by atoms with Crippen molar-refractivity contribution in [3.63, 3.8) is 0 Å². The van der Waals surface area contributed by atoms with Gasteiger partial charge in [0.05, 0.1) is 33.8 Å². The SMILES string of the molecule is CCCCCCCC/C=C/CCCCCCCCCCCC(=O)NC(COP(=O)(O)OCC[N+](C)(C)C)C(/C=C\CCCCCCCCCCCCC)OC(=O)CCCCCCCCCCCCCCCCCCCCCCCCCCCCC. The Hall–Kier alpha value is -1.51. The molecule has 85 heavy (non-hydrogen) atoms. The van der Waals surface area contributed by atoms with Gasteiger partial charge in [0.1, 0.15) is 19.3 Å². The average Bonchev–Trinajstić information content (AvgIpc) is 3.50. The topological polar surface area (TPSA) is 111 Å². The molecule has 10 heteroatoms. The Kier molecular flexibility index (Phi) is 64.3. The molecule has 0 radical (unpaired) electrons. The average molecular weight is 1220 g/mol. The zero-order chi connectivity index (χ0) is 62.1. The van der Waals surface area contributed by atoms with Crippen LogP contribution in [0.3, 0.4) is 0 Å². The number of carbonyl (C=O) groups is 2. The van der Waals surface area contributed by atoms with Crippen LogP contribution >= 0.6 is 7.82 Å². The molecule has 0 aliphatic heterocycles. The highest BCUT2D eigenvalue weighted by molar-refractivity contribution is 7.47. The number of unbranched alkanes of at least 4 members (excludes halogenated alkanes) is 52. The van der Waals surface area contributed by atoms with Crippen LogP contribution in [0.4, 0.5) is 0 Å². The van der Waals surface area contributed by atoms with E-state index in [1.54, 1.807) is 0 Å². The van der Waals surface area contributed by atoms with Gasteiger partial charge in [-0.1, -0.05) is 347 Å². The van der Waals surface area contributed by atoms with Gasteiger partial charge in [-0.05, 0) is 57.4 Å². The van der Waals surface area contributed by atoms with E-state index in [4.69, 9.17) is 13.8 Å². The Bertz CT molecular complexity index is 1500. The van der Waals surface area contributed by atoms with Gasteiger partial charge in [0.15, 0.2) is 0 Å². The normalized spacial score (nSPS) is 13.5. The van der Waals surface area contributed by atoms with Gasteiger partial charge in [-0.2, -0.15) is 0 Å². The standard InChI is InChI=1S/C75H147N2O7P/c1-7-10-13-16-19-22-25-28-30-32-34-35-36-37-38-39-40-41-43-45-47-50-53-56-59-62-65-68-75(79)84-73(66-63-60-57-54-51-48-27-24-21-18-15-12-9-3)72(71-83-85(80,81)82-70-69-77(4,5)6)76-74(78)67-64-61-58-55-52-49-46-44-42-33-31-29-26-23-20-17-14-11-8-2/h29,31,63,66,72-73H,7-28,30,32-62,64-65,67-71H2,1-6H3,(H-,76,78,80,81)/p+1/b31-29+,66-63-. The lowest BCUT2D eigenvalue weighted by molar-refractivity contribution is -0.870. The van der Waals surface area contributed by atoms with Crippen LogP contribution in [0.5, 0.6) is 0 Å². The molecule has 504 valence electrons. The molecule has 0 aliphatic carbocycles. The van der Waals surface area contributed by atoms with Crippen LogP contribution in [0, 0.1) is 0 Å². The Balaban J connectivity index is 4.97.